The predicted octanol–water partition coefficient (Wildman–Crippen LogP) is 1.57. The van der Waals surface area contributed by atoms with Crippen molar-refractivity contribution in [2.45, 2.75) is 45.1 Å². The van der Waals surface area contributed by atoms with Gasteiger partial charge in [-0.1, -0.05) is 13.8 Å². The van der Waals surface area contributed by atoms with Crippen LogP contribution in [0, 0.1) is 19.8 Å². The fraction of sp³-hybridized carbons (Fsp3) is 0.571. The molecule has 1 rings (SSSR count). The SMILES string of the molecule is Cc1cc(N)cc(C)c1S(=O)(=O)NC(CCO)C(C)C. The Bertz CT molecular complexity index is 545. The van der Waals surface area contributed by atoms with E-state index in [-0.39, 0.29) is 23.5 Å². The van der Waals surface area contributed by atoms with Crippen molar-refractivity contribution in [2.24, 2.45) is 5.92 Å². The molecule has 6 heteroatoms. The first kappa shape index (κ1) is 16.9. The number of aliphatic hydroxyl groups excluding tert-OH is 1. The fourth-order valence-corrected chi connectivity index (χ4v) is 4.21. The lowest BCUT2D eigenvalue weighted by Crippen LogP contribution is -2.39. The molecule has 114 valence electrons. The van der Waals surface area contributed by atoms with Crippen LogP contribution in [0.1, 0.15) is 31.4 Å². The lowest BCUT2D eigenvalue weighted by atomic mass is 10.0. The molecule has 0 amide bonds. The van der Waals surface area contributed by atoms with Crippen LogP contribution >= 0.6 is 0 Å². The van der Waals surface area contributed by atoms with Crippen molar-refractivity contribution in [3.05, 3.63) is 23.3 Å². The van der Waals surface area contributed by atoms with Crippen molar-refractivity contribution in [3.8, 4) is 0 Å². The van der Waals surface area contributed by atoms with Gasteiger partial charge in [-0.2, -0.15) is 0 Å². The molecule has 0 bridgehead atoms. The Balaban J connectivity index is 3.17. The van der Waals surface area contributed by atoms with Crippen molar-refractivity contribution in [2.75, 3.05) is 12.3 Å². The summed E-state index contributed by atoms with van der Waals surface area (Å²) in [6.45, 7) is 7.25. The number of anilines is 1. The Labute approximate surface area is 121 Å². The molecule has 4 N–H and O–H groups in total. The van der Waals surface area contributed by atoms with Crippen LogP contribution in [-0.4, -0.2) is 26.2 Å². The van der Waals surface area contributed by atoms with Gasteiger partial charge < -0.3 is 10.8 Å². The van der Waals surface area contributed by atoms with E-state index in [1.54, 1.807) is 26.0 Å². The number of sulfonamides is 1. The minimum absolute atomic E-state index is 0.0505. The highest BCUT2D eigenvalue weighted by atomic mass is 32.2. The molecule has 0 aliphatic rings. The van der Waals surface area contributed by atoms with Gasteiger partial charge in [0.15, 0.2) is 0 Å². The summed E-state index contributed by atoms with van der Waals surface area (Å²) in [6.07, 6.45) is 0.393. The van der Waals surface area contributed by atoms with E-state index in [2.05, 4.69) is 4.72 Å². The lowest BCUT2D eigenvalue weighted by Gasteiger charge is -2.22. The first-order valence-electron chi connectivity index (χ1n) is 6.69. The zero-order chi connectivity index (χ0) is 15.5. The number of rotatable bonds is 6. The first-order valence-corrected chi connectivity index (χ1v) is 8.17. The summed E-state index contributed by atoms with van der Waals surface area (Å²) in [6, 6.07) is 3.01. The molecule has 1 aromatic rings. The molecule has 0 heterocycles. The number of nitrogens with one attached hydrogen (secondary N) is 1. The smallest absolute Gasteiger partial charge is 0.241 e. The van der Waals surface area contributed by atoms with Gasteiger partial charge in [0, 0.05) is 18.3 Å². The van der Waals surface area contributed by atoms with Gasteiger partial charge in [-0.05, 0) is 49.4 Å². The Morgan fingerprint density at radius 3 is 2.15 bits per heavy atom. The van der Waals surface area contributed by atoms with Gasteiger partial charge >= 0.3 is 0 Å². The second-order valence-electron chi connectivity index (χ2n) is 5.47. The molecule has 0 spiro atoms. The van der Waals surface area contributed by atoms with Crippen LogP contribution < -0.4 is 10.5 Å². The number of nitrogen functional groups attached to an aromatic ring is 1. The monoisotopic (exact) mass is 300 g/mol. The molecule has 0 aliphatic heterocycles. The molecule has 0 saturated heterocycles. The van der Waals surface area contributed by atoms with E-state index in [1.165, 1.54) is 0 Å². The summed E-state index contributed by atoms with van der Waals surface area (Å²) < 4.78 is 27.8. The topological polar surface area (TPSA) is 92.4 Å². The highest BCUT2D eigenvalue weighted by Crippen LogP contribution is 2.24. The molecule has 20 heavy (non-hydrogen) atoms. The first-order chi connectivity index (χ1) is 9.19. The number of hydrogen-bond donors (Lipinski definition) is 3. The van der Waals surface area contributed by atoms with Gasteiger partial charge in [0.1, 0.15) is 0 Å². The van der Waals surface area contributed by atoms with Crippen LogP contribution in [0.15, 0.2) is 17.0 Å². The molecular weight excluding hydrogens is 276 g/mol. The number of aryl methyl sites for hydroxylation is 2. The maximum atomic E-state index is 12.5. The number of benzene rings is 1. The fourth-order valence-electron chi connectivity index (χ4n) is 2.33. The molecule has 0 radical (unpaired) electrons. The van der Waals surface area contributed by atoms with Gasteiger partial charge in [0.05, 0.1) is 4.90 Å². The van der Waals surface area contributed by atoms with E-state index in [4.69, 9.17) is 10.8 Å². The summed E-state index contributed by atoms with van der Waals surface area (Å²) in [5.74, 6) is 0.103. The zero-order valence-electron chi connectivity index (χ0n) is 12.5. The van der Waals surface area contributed by atoms with Crippen LogP contribution in [0.4, 0.5) is 5.69 Å². The average molecular weight is 300 g/mol. The molecular formula is C14H24N2O3S. The van der Waals surface area contributed by atoms with Crippen molar-refractivity contribution in [1.29, 1.82) is 0 Å². The summed E-state index contributed by atoms with van der Waals surface area (Å²) >= 11 is 0. The second-order valence-corrected chi connectivity index (χ2v) is 7.12. The summed E-state index contributed by atoms with van der Waals surface area (Å²) in [5.41, 5.74) is 7.52. The van der Waals surface area contributed by atoms with Crippen molar-refractivity contribution in [3.63, 3.8) is 0 Å². The normalized spacial score (nSPS) is 13.7. The molecule has 1 atom stereocenters. The molecule has 1 aromatic carbocycles. The maximum absolute atomic E-state index is 12.5. The van der Waals surface area contributed by atoms with E-state index in [0.717, 1.165) is 0 Å². The highest BCUT2D eigenvalue weighted by Gasteiger charge is 2.25. The Kier molecular flexibility index (Phi) is 5.56. The lowest BCUT2D eigenvalue weighted by molar-refractivity contribution is 0.256. The minimum atomic E-state index is -3.62. The minimum Gasteiger partial charge on any atom is -0.399 e. The van der Waals surface area contributed by atoms with Crippen LogP contribution in [0.25, 0.3) is 0 Å². The Morgan fingerprint density at radius 1 is 1.25 bits per heavy atom. The number of hydrogen-bond acceptors (Lipinski definition) is 4. The molecule has 0 fully saturated rings. The van der Waals surface area contributed by atoms with Crippen LogP contribution in [0.2, 0.25) is 0 Å². The van der Waals surface area contributed by atoms with Crippen molar-refractivity contribution < 1.29 is 13.5 Å². The van der Waals surface area contributed by atoms with E-state index in [9.17, 15) is 8.42 Å². The molecule has 0 aliphatic carbocycles. The average Bonchev–Trinajstić information content (AvgIpc) is 2.25. The number of aliphatic hydroxyl groups is 1. The Hall–Kier alpha value is -1.11. The van der Waals surface area contributed by atoms with Gasteiger partial charge in [-0.25, -0.2) is 13.1 Å². The van der Waals surface area contributed by atoms with E-state index < -0.39 is 10.0 Å². The molecule has 1 unspecified atom stereocenters. The third-order valence-corrected chi connectivity index (χ3v) is 5.10. The third-order valence-electron chi connectivity index (χ3n) is 3.30. The predicted molar refractivity (Wildman–Crippen MR) is 81.0 cm³/mol. The molecule has 0 aromatic heterocycles. The standard InChI is InChI=1S/C14H24N2O3S/c1-9(2)13(5-6-17)16-20(18,19)14-10(3)7-12(15)8-11(14)4/h7-9,13,16-17H,5-6,15H2,1-4H3. The van der Waals surface area contributed by atoms with E-state index >= 15 is 0 Å². The maximum Gasteiger partial charge on any atom is 0.241 e. The Morgan fingerprint density at radius 2 is 1.75 bits per heavy atom. The number of nitrogens with two attached hydrogens (primary N) is 1. The van der Waals surface area contributed by atoms with Crippen LogP contribution in [-0.2, 0) is 10.0 Å². The molecule has 0 saturated carbocycles. The summed E-state index contributed by atoms with van der Waals surface area (Å²) in [4.78, 5) is 0.273. The van der Waals surface area contributed by atoms with Gasteiger partial charge in [-0.3, -0.25) is 0 Å². The van der Waals surface area contributed by atoms with Crippen molar-refractivity contribution >= 4 is 15.7 Å². The summed E-state index contributed by atoms with van der Waals surface area (Å²) in [7, 11) is -3.62. The zero-order valence-corrected chi connectivity index (χ0v) is 13.3. The van der Waals surface area contributed by atoms with Crippen LogP contribution in [0.5, 0.6) is 0 Å². The second kappa shape index (κ2) is 6.56. The summed E-state index contributed by atoms with van der Waals surface area (Å²) in [5, 5.41) is 9.05. The van der Waals surface area contributed by atoms with Gasteiger partial charge in [0.25, 0.3) is 0 Å². The third kappa shape index (κ3) is 3.94. The highest BCUT2D eigenvalue weighted by molar-refractivity contribution is 7.89. The van der Waals surface area contributed by atoms with Crippen molar-refractivity contribution in [1.82, 2.24) is 4.72 Å². The van der Waals surface area contributed by atoms with Gasteiger partial charge in [-0.15, -0.1) is 0 Å². The quantitative estimate of drug-likeness (QED) is 0.695. The molecule has 5 nitrogen and oxygen atoms in total. The van der Waals surface area contributed by atoms with Gasteiger partial charge in [0.2, 0.25) is 10.0 Å². The van der Waals surface area contributed by atoms with E-state index in [1.807, 2.05) is 13.8 Å². The van der Waals surface area contributed by atoms with Crippen LogP contribution in [0.3, 0.4) is 0 Å². The van der Waals surface area contributed by atoms with E-state index in [0.29, 0.717) is 23.2 Å². The largest absolute Gasteiger partial charge is 0.399 e.